The molecule has 8 nitrogen and oxygen atoms in total. The Labute approximate surface area is 174 Å². The summed E-state index contributed by atoms with van der Waals surface area (Å²) in [6, 6.07) is 9.58. The van der Waals surface area contributed by atoms with Gasteiger partial charge in [-0.1, -0.05) is 18.2 Å². The van der Waals surface area contributed by atoms with Gasteiger partial charge in [0, 0.05) is 18.3 Å². The van der Waals surface area contributed by atoms with Crippen LogP contribution in [0.5, 0.6) is 0 Å². The van der Waals surface area contributed by atoms with Crippen LogP contribution in [0.1, 0.15) is 41.4 Å². The van der Waals surface area contributed by atoms with Crippen LogP contribution in [0.3, 0.4) is 0 Å². The summed E-state index contributed by atoms with van der Waals surface area (Å²) in [5.74, 6) is 0.154. The monoisotopic (exact) mass is 401 g/mol. The Morgan fingerprint density at radius 1 is 1.23 bits per heavy atom. The van der Waals surface area contributed by atoms with Gasteiger partial charge in [0.2, 0.25) is 5.65 Å². The minimum absolute atomic E-state index is 0.0487. The van der Waals surface area contributed by atoms with Gasteiger partial charge in [0.05, 0.1) is 29.7 Å². The van der Waals surface area contributed by atoms with Crippen molar-refractivity contribution in [2.75, 3.05) is 5.32 Å². The molecule has 4 rings (SSSR count). The fourth-order valence-electron chi connectivity index (χ4n) is 3.32. The van der Waals surface area contributed by atoms with E-state index >= 15 is 0 Å². The number of hydrogen-bond donors (Lipinski definition) is 2. The lowest BCUT2D eigenvalue weighted by Gasteiger charge is -2.16. The molecule has 0 aliphatic carbocycles. The van der Waals surface area contributed by atoms with Gasteiger partial charge in [0.25, 0.3) is 5.91 Å². The molecule has 0 radical (unpaired) electrons. The second-order valence-corrected chi connectivity index (χ2v) is 7.21. The van der Waals surface area contributed by atoms with Gasteiger partial charge in [-0.3, -0.25) is 14.5 Å². The number of pyridine rings is 1. The molecule has 0 spiro atoms. The predicted molar refractivity (Wildman–Crippen MR) is 116 cm³/mol. The van der Waals surface area contributed by atoms with Crippen molar-refractivity contribution < 1.29 is 4.79 Å². The normalized spacial score (nSPS) is 12.1. The van der Waals surface area contributed by atoms with Crippen LogP contribution in [0.4, 0.5) is 5.82 Å². The number of carbonyl (C=O) groups is 1. The molecule has 0 fully saturated rings. The molecule has 1 amide bonds. The molecule has 30 heavy (non-hydrogen) atoms. The van der Waals surface area contributed by atoms with E-state index in [1.54, 1.807) is 18.5 Å². The zero-order chi connectivity index (χ0) is 21.3. The number of anilines is 1. The van der Waals surface area contributed by atoms with Crippen LogP contribution in [0.2, 0.25) is 0 Å². The lowest BCUT2D eigenvalue weighted by atomic mass is 9.99. The molecule has 1 atom stereocenters. The number of aryl methyl sites for hydroxylation is 2. The van der Waals surface area contributed by atoms with Crippen LogP contribution in [0.15, 0.2) is 48.9 Å². The predicted octanol–water partition coefficient (Wildman–Crippen LogP) is 3.49. The van der Waals surface area contributed by atoms with Crippen molar-refractivity contribution in [2.45, 2.75) is 33.4 Å². The standard InChI is InChI=1S/C22H23N7O/c1-4-29-12-18-22(28-29)27-19(11-24-18)26-14(3)15-6-5-7-16(9-15)20-17(21(23)30)8-13(2)10-25-20/h5-12,14H,4H2,1-3H3,(H2,23,30)(H,26,27,28). The molecule has 0 saturated heterocycles. The molecule has 4 aromatic rings. The molecule has 152 valence electrons. The maximum Gasteiger partial charge on any atom is 0.250 e. The number of rotatable bonds is 6. The van der Waals surface area contributed by atoms with E-state index in [0.29, 0.717) is 22.7 Å². The summed E-state index contributed by atoms with van der Waals surface area (Å²) in [6.07, 6.45) is 5.32. The number of amides is 1. The molecular weight excluding hydrogens is 378 g/mol. The van der Waals surface area contributed by atoms with E-state index in [1.807, 2.05) is 55.9 Å². The van der Waals surface area contributed by atoms with E-state index in [4.69, 9.17) is 5.73 Å². The average Bonchev–Trinajstić information content (AvgIpc) is 3.16. The highest BCUT2D eigenvalue weighted by molar-refractivity contribution is 5.99. The van der Waals surface area contributed by atoms with Crippen LogP contribution in [-0.2, 0) is 6.54 Å². The molecule has 0 saturated carbocycles. The zero-order valence-corrected chi connectivity index (χ0v) is 17.1. The summed E-state index contributed by atoms with van der Waals surface area (Å²) in [6.45, 7) is 6.71. The summed E-state index contributed by atoms with van der Waals surface area (Å²) in [5.41, 5.74) is 10.7. The van der Waals surface area contributed by atoms with Gasteiger partial charge >= 0.3 is 0 Å². The van der Waals surface area contributed by atoms with Gasteiger partial charge in [0.15, 0.2) is 0 Å². The third-order valence-electron chi connectivity index (χ3n) is 4.91. The van der Waals surface area contributed by atoms with Gasteiger partial charge < -0.3 is 11.1 Å². The van der Waals surface area contributed by atoms with Crippen molar-refractivity contribution in [3.63, 3.8) is 0 Å². The number of carbonyl (C=O) groups excluding carboxylic acids is 1. The van der Waals surface area contributed by atoms with Crippen molar-refractivity contribution in [3.8, 4) is 11.3 Å². The fraction of sp³-hybridized carbons (Fsp3) is 0.227. The Morgan fingerprint density at radius 3 is 2.83 bits per heavy atom. The molecule has 0 aliphatic heterocycles. The Bertz CT molecular complexity index is 1230. The number of nitrogens with zero attached hydrogens (tertiary/aromatic N) is 5. The number of nitrogens with two attached hydrogens (primary N) is 1. The van der Waals surface area contributed by atoms with E-state index in [-0.39, 0.29) is 6.04 Å². The van der Waals surface area contributed by atoms with Gasteiger partial charge in [-0.05, 0) is 44.0 Å². The summed E-state index contributed by atoms with van der Waals surface area (Å²) in [7, 11) is 0. The smallest absolute Gasteiger partial charge is 0.250 e. The minimum Gasteiger partial charge on any atom is -0.366 e. The summed E-state index contributed by atoms with van der Waals surface area (Å²) >= 11 is 0. The quantitative estimate of drug-likeness (QED) is 0.511. The number of primary amides is 1. The lowest BCUT2D eigenvalue weighted by molar-refractivity contribution is 0.100. The molecule has 0 aliphatic rings. The highest BCUT2D eigenvalue weighted by Gasteiger charge is 2.14. The van der Waals surface area contributed by atoms with Crippen LogP contribution in [0, 0.1) is 6.92 Å². The molecule has 1 aromatic carbocycles. The van der Waals surface area contributed by atoms with Crippen molar-refractivity contribution >= 4 is 22.9 Å². The Morgan fingerprint density at radius 2 is 2.07 bits per heavy atom. The van der Waals surface area contributed by atoms with E-state index in [2.05, 4.69) is 25.4 Å². The van der Waals surface area contributed by atoms with E-state index in [0.717, 1.165) is 28.8 Å². The van der Waals surface area contributed by atoms with Crippen LogP contribution >= 0.6 is 0 Å². The Hall–Kier alpha value is -3.81. The largest absolute Gasteiger partial charge is 0.366 e. The molecule has 3 heterocycles. The third kappa shape index (κ3) is 3.84. The first-order chi connectivity index (χ1) is 14.4. The number of benzene rings is 1. The average molecular weight is 401 g/mol. The number of fused-ring (bicyclic) bond motifs is 1. The van der Waals surface area contributed by atoms with Crippen molar-refractivity contribution in [3.05, 3.63) is 65.6 Å². The van der Waals surface area contributed by atoms with Gasteiger partial charge in [-0.25, -0.2) is 9.97 Å². The summed E-state index contributed by atoms with van der Waals surface area (Å²) in [4.78, 5) is 25.3. The van der Waals surface area contributed by atoms with Gasteiger partial charge in [-0.2, -0.15) is 5.10 Å². The summed E-state index contributed by atoms with van der Waals surface area (Å²) in [5, 5.41) is 7.78. The Balaban J connectivity index is 1.62. The molecule has 8 heteroatoms. The van der Waals surface area contributed by atoms with Crippen LogP contribution in [-0.4, -0.2) is 30.6 Å². The zero-order valence-electron chi connectivity index (χ0n) is 17.1. The lowest BCUT2D eigenvalue weighted by Crippen LogP contribution is -2.14. The number of hydrogen-bond acceptors (Lipinski definition) is 6. The molecular formula is C22H23N7O. The first-order valence-corrected chi connectivity index (χ1v) is 9.78. The topological polar surface area (TPSA) is 112 Å². The number of aromatic nitrogens is 5. The first-order valence-electron chi connectivity index (χ1n) is 9.78. The minimum atomic E-state index is -0.493. The maximum atomic E-state index is 11.9. The molecule has 1 unspecified atom stereocenters. The second-order valence-electron chi connectivity index (χ2n) is 7.21. The fourth-order valence-corrected chi connectivity index (χ4v) is 3.32. The van der Waals surface area contributed by atoms with Gasteiger partial charge in [0.1, 0.15) is 11.3 Å². The van der Waals surface area contributed by atoms with Crippen molar-refractivity contribution in [1.82, 2.24) is 24.7 Å². The Kier molecular flexibility index (Phi) is 5.14. The molecule has 3 aromatic heterocycles. The number of nitrogens with one attached hydrogen (secondary N) is 1. The van der Waals surface area contributed by atoms with Crippen molar-refractivity contribution in [1.29, 1.82) is 0 Å². The third-order valence-corrected chi connectivity index (χ3v) is 4.91. The highest BCUT2D eigenvalue weighted by Crippen LogP contribution is 2.26. The van der Waals surface area contributed by atoms with E-state index in [9.17, 15) is 4.79 Å². The van der Waals surface area contributed by atoms with Crippen LogP contribution in [0.25, 0.3) is 22.4 Å². The molecule has 0 bridgehead atoms. The SMILES string of the molecule is CCn1cc2ncc(NC(C)c3cccc(-c4ncc(C)cc4C(N)=O)c3)nc2n1. The van der Waals surface area contributed by atoms with Gasteiger partial charge in [-0.15, -0.1) is 0 Å². The second kappa shape index (κ2) is 7.90. The van der Waals surface area contributed by atoms with E-state index < -0.39 is 5.91 Å². The van der Waals surface area contributed by atoms with Crippen molar-refractivity contribution in [2.24, 2.45) is 5.73 Å². The van der Waals surface area contributed by atoms with Crippen LogP contribution < -0.4 is 11.1 Å². The van der Waals surface area contributed by atoms with E-state index in [1.165, 1.54) is 0 Å². The maximum absolute atomic E-state index is 11.9. The highest BCUT2D eigenvalue weighted by atomic mass is 16.1. The first kappa shape index (κ1) is 19.5. The summed E-state index contributed by atoms with van der Waals surface area (Å²) < 4.78 is 1.81. The molecule has 3 N–H and O–H groups in total.